The fourth-order valence-corrected chi connectivity index (χ4v) is 0.950. The van der Waals surface area contributed by atoms with Crippen LogP contribution in [0.25, 0.3) is 0 Å². The summed E-state index contributed by atoms with van der Waals surface area (Å²) >= 11 is 4.65. The van der Waals surface area contributed by atoms with Gasteiger partial charge in [-0.1, -0.05) is 12.2 Å². The Bertz CT molecular complexity index is 262. The second-order valence-electron chi connectivity index (χ2n) is 2.08. The van der Waals surface area contributed by atoms with E-state index in [1.54, 1.807) is 12.1 Å². The van der Waals surface area contributed by atoms with Crippen molar-refractivity contribution in [2.24, 2.45) is 5.84 Å². The Hall–Kier alpha value is -1.04. The van der Waals surface area contributed by atoms with Crippen LogP contribution in [-0.2, 0) is 0 Å². The Labute approximate surface area is 74.9 Å². The maximum atomic E-state index is 12.5. The highest BCUT2D eigenvalue weighted by molar-refractivity contribution is 7.79. The molecule has 5 heteroatoms. The SMILES string of the molecule is NNN(C=S)c1ccc(F)cc1. The van der Waals surface area contributed by atoms with Gasteiger partial charge in [0.05, 0.1) is 11.2 Å². The minimum Gasteiger partial charge on any atom is -0.260 e. The fourth-order valence-electron chi connectivity index (χ4n) is 0.768. The van der Waals surface area contributed by atoms with Crippen LogP contribution in [0.1, 0.15) is 0 Å². The standard InChI is InChI=1S/C7H8FN3S/c8-6-1-3-7(4-2-6)11(5-12)10-9/h1-5,10H,9H2. The molecule has 0 spiro atoms. The maximum absolute atomic E-state index is 12.5. The normalized spacial score (nSPS) is 9.50. The average molecular weight is 185 g/mol. The number of nitrogens with zero attached hydrogens (tertiary/aromatic N) is 1. The zero-order valence-corrected chi connectivity index (χ0v) is 7.01. The number of anilines is 1. The van der Waals surface area contributed by atoms with E-state index in [0.717, 1.165) is 0 Å². The van der Waals surface area contributed by atoms with Crippen molar-refractivity contribution >= 4 is 23.4 Å². The highest BCUT2D eigenvalue weighted by atomic mass is 32.1. The Morgan fingerprint density at radius 3 is 2.42 bits per heavy atom. The van der Waals surface area contributed by atoms with E-state index in [0.29, 0.717) is 5.69 Å². The molecule has 0 saturated carbocycles. The van der Waals surface area contributed by atoms with E-state index in [9.17, 15) is 4.39 Å². The highest BCUT2D eigenvalue weighted by Gasteiger charge is 1.99. The first-order valence-corrected chi connectivity index (χ1v) is 3.71. The zero-order valence-electron chi connectivity index (χ0n) is 6.20. The molecule has 0 aromatic heterocycles. The van der Waals surface area contributed by atoms with Crippen molar-refractivity contribution in [3.63, 3.8) is 0 Å². The van der Waals surface area contributed by atoms with Crippen LogP contribution in [-0.4, -0.2) is 5.49 Å². The Morgan fingerprint density at radius 2 is 2.00 bits per heavy atom. The van der Waals surface area contributed by atoms with Crippen LogP contribution in [0, 0.1) is 5.82 Å². The quantitative estimate of drug-likeness (QED) is 0.418. The summed E-state index contributed by atoms with van der Waals surface area (Å²) in [6.45, 7) is 0. The van der Waals surface area contributed by atoms with Crippen LogP contribution in [0.15, 0.2) is 24.3 Å². The topological polar surface area (TPSA) is 41.3 Å². The van der Waals surface area contributed by atoms with Crippen LogP contribution in [0.3, 0.4) is 0 Å². The van der Waals surface area contributed by atoms with Crippen molar-refractivity contribution in [1.82, 2.24) is 5.53 Å². The van der Waals surface area contributed by atoms with E-state index in [1.165, 1.54) is 22.6 Å². The van der Waals surface area contributed by atoms with Gasteiger partial charge < -0.3 is 0 Å². The molecule has 12 heavy (non-hydrogen) atoms. The van der Waals surface area contributed by atoms with E-state index in [2.05, 4.69) is 17.8 Å². The van der Waals surface area contributed by atoms with E-state index in [1.807, 2.05) is 0 Å². The Morgan fingerprint density at radius 1 is 1.42 bits per heavy atom. The van der Waals surface area contributed by atoms with Crippen molar-refractivity contribution in [3.05, 3.63) is 30.1 Å². The van der Waals surface area contributed by atoms with Crippen LogP contribution >= 0.6 is 12.2 Å². The first kappa shape index (κ1) is 9.05. The summed E-state index contributed by atoms with van der Waals surface area (Å²) in [4.78, 5) is 0. The molecule has 64 valence electrons. The third-order valence-electron chi connectivity index (χ3n) is 1.35. The predicted octanol–water partition coefficient (Wildman–Crippen LogP) is 0.968. The van der Waals surface area contributed by atoms with E-state index in [-0.39, 0.29) is 5.82 Å². The molecule has 0 aliphatic heterocycles. The minimum atomic E-state index is -0.292. The Balaban J connectivity index is 2.87. The lowest BCUT2D eigenvalue weighted by molar-refractivity contribution is 0.627. The van der Waals surface area contributed by atoms with Crippen molar-refractivity contribution in [1.29, 1.82) is 0 Å². The summed E-state index contributed by atoms with van der Waals surface area (Å²) in [7, 11) is 0. The molecule has 0 amide bonds. The summed E-state index contributed by atoms with van der Waals surface area (Å²) in [6.07, 6.45) is 0. The monoisotopic (exact) mass is 185 g/mol. The van der Waals surface area contributed by atoms with Crippen molar-refractivity contribution < 1.29 is 4.39 Å². The largest absolute Gasteiger partial charge is 0.260 e. The van der Waals surface area contributed by atoms with Crippen molar-refractivity contribution in [2.75, 3.05) is 5.01 Å². The average Bonchev–Trinajstić information content (AvgIpc) is 2.10. The molecule has 1 rings (SSSR count). The van der Waals surface area contributed by atoms with Gasteiger partial charge in [0.2, 0.25) is 0 Å². The van der Waals surface area contributed by atoms with Crippen LogP contribution < -0.4 is 16.4 Å². The highest BCUT2D eigenvalue weighted by Crippen LogP contribution is 2.10. The molecule has 0 unspecified atom stereocenters. The molecule has 3 N–H and O–H groups in total. The summed E-state index contributed by atoms with van der Waals surface area (Å²) < 4.78 is 12.5. The van der Waals surface area contributed by atoms with Gasteiger partial charge in [0, 0.05) is 0 Å². The second-order valence-corrected chi connectivity index (χ2v) is 2.29. The third kappa shape index (κ3) is 1.97. The summed E-state index contributed by atoms with van der Waals surface area (Å²) in [5, 5.41) is 1.40. The Kier molecular flexibility index (Phi) is 3.09. The number of nitrogens with one attached hydrogen (secondary N) is 1. The van der Waals surface area contributed by atoms with Gasteiger partial charge >= 0.3 is 0 Å². The number of thiocarbonyl (C=S) groups is 1. The third-order valence-corrected chi connectivity index (χ3v) is 1.56. The lowest BCUT2D eigenvalue weighted by atomic mass is 10.3. The van der Waals surface area contributed by atoms with Crippen molar-refractivity contribution in [3.8, 4) is 0 Å². The molecule has 0 bridgehead atoms. The molecule has 0 radical (unpaired) electrons. The molecule has 0 aliphatic carbocycles. The number of rotatable bonds is 3. The van der Waals surface area contributed by atoms with Crippen LogP contribution in [0.2, 0.25) is 0 Å². The number of hydrazine groups is 2. The summed E-state index contributed by atoms with van der Waals surface area (Å²) in [5.74, 6) is 4.85. The molecular weight excluding hydrogens is 177 g/mol. The van der Waals surface area contributed by atoms with Gasteiger partial charge in [-0.15, -0.1) is 0 Å². The summed E-state index contributed by atoms with van der Waals surface area (Å²) in [5.41, 5.74) is 4.35. The molecule has 0 fully saturated rings. The van der Waals surface area contributed by atoms with Gasteiger partial charge in [-0.3, -0.25) is 10.9 Å². The van der Waals surface area contributed by atoms with Gasteiger partial charge in [0.15, 0.2) is 0 Å². The van der Waals surface area contributed by atoms with E-state index >= 15 is 0 Å². The molecule has 1 aromatic carbocycles. The first-order chi connectivity index (χ1) is 5.77. The second kappa shape index (κ2) is 4.10. The molecule has 3 nitrogen and oxygen atoms in total. The summed E-state index contributed by atoms with van der Waals surface area (Å²) in [6, 6.07) is 5.80. The zero-order chi connectivity index (χ0) is 8.97. The minimum absolute atomic E-state index is 0.292. The van der Waals surface area contributed by atoms with Gasteiger partial charge in [-0.05, 0) is 24.3 Å². The molecule has 0 atom stereocenters. The van der Waals surface area contributed by atoms with Gasteiger partial charge in [0.25, 0.3) is 0 Å². The number of nitrogens with two attached hydrogens (primary N) is 1. The number of hydrogen-bond donors (Lipinski definition) is 2. The molecule has 0 saturated heterocycles. The predicted molar refractivity (Wildman–Crippen MR) is 49.9 cm³/mol. The van der Waals surface area contributed by atoms with Gasteiger partial charge in [0.1, 0.15) is 5.82 Å². The van der Waals surface area contributed by atoms with Gasteiger partial charge in [-0.25, -0.2) is 4.39 Å². The van der Waals surface area contributed by atoms with Crippen LogP contribution in [0.5, 0.6) is 0 Å². The van der Waals surface area contributed by atoms with E-state index < -0.39 is 0 Å². The lowest BCUT2D eigenvalue weighted by Crippen LogP contribution is -2.41. The fraction of sp³-hybridized carbons (Fsp3) is 0. The smallest absolute Gasteiger partial charge is 0.123 e. The number of halogens is 1. The molecule has 0 aliphatic rings. The number of hydrogen-bond acceptors (Lipinski definition) is 3. The first-order valence-electron chi connectivity index (χ1n) is 3.24. The maximum Gasteiger partial charge on any atom is 0.123 e. The molecule has 1 aromatic rings. The van der Waals surface area contributed by atoms with Crippen molar-refractivity contribution in [2.45, 2.75) is 0 Å². The number of benzene rings is 1. The lowest BCUT2D eigenvalue weighted by Gasteiger charge is -2.16. The van der Waals surface area contributed by atoms with E-state index in [4.69, 9.17) is 5.84 Å². The molecular formula is C7H8FN3S. The van der Waals surface area contributed by atoms with Gasteiger partial charge in [-0.2, -0.15) is 5.53 Å². The van der Waals surface area contributed by atoms with Crippen LogP contribution in [0.4, 0.5) is 10.1 Å². The molecule has 0 heterocycles.